The van der Waals surface area contributed by atoms with Crippen molar-refractivity contribution in [2.24, 2.45) is 0 Å². The molecule has 0 aliphatic carbocycles. The van der Waals surface area contributed by atoms with Gasteiger partial charge in [-0.3, -0.25) is 4.98 Å². The molecule has 4 nitrogen and oxygen atoms in total. The zero-order chi connectivity index (χ0) is 14.6. The van der Waals surface area contributed by atoms with E-state index in [0.29, 0.717) is 0 Å². The minimum absolute atomic E-state index is 0.291. The van der Waals surface area contributed by atoms with Crippen LogP contribution in [0, 0.1) is 11.3 Å². The van der Waals surface area contributed by atoms with E-state index in [1.54, 1.807) is 6.07 Å². The Kier molecular flexibility index (Phi) is 4.47. The molecule has 1 rings (SSSR count). The van der Waals surface area contributed by atoms with Gasteiger partial charge in [-0.1, -0.05) is 0 Å². The Bertz CT molecular complexity index is 496. The molecule has 0 unspecified atom stereocenters. The van der Waals surface area contributed by atoms with Gasteiger partial charge in [0.1, 0.15) is 0 Å². The molecule has 0 saturated carbocycles. The second-order valence-electron chi connectivity index (χ2n) is 3.21. The predicted molar refractivity (Wildman–Crippen MR) is 51.7 cm³/mol. The van der Waals surface area contributed by atoms with E-state index in [9.17, 15) is 22.0 Å². The fourth-order valence-corrected chi connectivity index (χ4v) is 1.32. The van der Waals surface area contributed by atoms with E-state index < -0.39 is 36.4 Å². The first-order valence-electron chi connectivity index (χ1n) is 4.76. The van der Waals surface area contributed by atoms with Crippen LogP contribution in [0.1, 0.15) is 17.7 Å². The molecule has 0 atom stereocenters. The van der Waals surface area contributed by atoms with Gasteiger partial charge in [0.05, 0.1) is 19.6 Å². The Hall–Kier alpha value is -2.11. The van der Waals surface area contributed by atoms with Crippen molar-refractivity contribution in [3.8, 4) is 17.6 Å². The normalized spacial score (nSPS) is 11.3. The fourth-order valence-electron chi connectivity index (χ4n) is 1.32. The van der Waals surface area contributed by atoms with E-state index in [1.165, 1.54) is 0 Å². The Morgan fingerprint density at radius 3 is 2.42 bits per heavy atom. The number of nitrogens with zero attached hydrogens (tertiary/aromatic N) is 2. The number of alkyl halides is 5. The average molecular weight is 282 g/mol. The molecule has 1 heterocycles. The molecule has 0 aliphatic rings. The quantitative estimate of drug-likeness (QED) is 0.797. The number of hydrogen-bond donors (Lipinski definition) is 0. The molecule has 1 aromatic rings. The van der Waals surface area contributed by atoms with E-state index in [2.05, 4.69) is 14.5 Å². The van der Waals surface area contributed by atoms with Crippen molar-refractivity contribution >= 4 is 0 Å². The minimum atomic E-state index is -5.10. The van der Waals surface area contributed by atoms with Crippen molar-refractivity contribution in [1.82, 2.24) is 4.98 Å². The molecular weight excluding hydrogens is 275 g/mol. The molecule has 9 heteroatoms. The summed E-state index contributed by atoms with van der Waals surface area (Å²) in [4.78, 5) is 3.28. The van der Waals surface area contributed by atoms with Gasteiger partial charge in [-0.15, -0.1) is 13.2 Å². The van der Waals surface area contributed by atoms with Gasteiger partial charge in [0.2, 0.25) is 0 Å². The van der Waals surface area contributed by atoms with E-state index in [0.717, 1.165) is 13.3 Å². The van der Waals surface area contributed by atoms with Crippen LogP contribution < -0.4 is 9.47 Å². The third kappa shape index (κ3) is 3.67. The van der Waals surface area contributed by atoms with Gasteiger partial charge in [0.15, 0.2) is 17.2 Å². The molecule has 0 aromatic carbocycles. The Balaban J connectivity index is 3.41. The lowest BCUT2D eigenvalue weighted by molar-refractivity contribution is -0.275. The van der Waals surface area contributed by atoms with Gasteiger partial charge in [-0.2, -0.15) is 5.26 Å². The van der Waals surface area contributed by atoms with Crippen molar-refractivity contribution in [3.63, 3.8) is 0 Å². The van der Waals surface area contributed by atoms with Crippen LogP contribution in [0.15, 0.2) is 6.20 Å². The highest BCUT2D eigenvalue weighted by atomic mass is 19.4. The van der Waals surface area contributed by atoms with Gasteiger partial charge in [-0.05, 0) is 0 Å². The maximum absolute atomic E-state index is 12.6. The van der Waals surface area contributed by atoms with Crippen LogP contribution in [-0.2, 0) is 6.42 Å². The molecule has 0 bridgehead atoms. The summed E-state index contributed by atoms with van der Waals surface area (Å²) in [5.74, 6) is -1.80. The molecule has 1 aromatic heterocycles. The van der Waals surface area contributed by atoms with Crippen LogP contribution in [0.5, 0.6) is 11.5 Å². The van der Waals surface area contributed by atoms with E-state index in [-0.39, 0.29) is 5.56 Å². The number of aromatic nitrogens is 1. The number of rotatable bonds is 4. The summed E-state index contributed by atoms with van der Waals surface area (Å²) in [7, 11) is 0.905. The fraction of sp³-hybridized carbons (Fsp3) is 0.400. The Morgan fingerprint density at radius 1 is 1.37 bits per heavy atom. The largest absolute Gasteiger partial charge is 0.573 e. The topological polar surface area (TPSA) is 55.1 Å². The van der Waals surface area contributed by atoms with Gasteiger partial charge in [0.25, 0.3) is 6.43 Å². The number of methoxy groups -OCH3 is 1. The van der Waals surface area contributed by atoms with Gasteiger partial charge < -0.3 is 9.47 Å². The van der Waals surface area contributed by atoms with Gasteiger partial charge in [0, 0.05) is 11.8 Å². The van der Waals surface area contributed by atoms with Gasteiger partial charge in [-0.25, -0.2) is 8.78 Å². The molecule has 0 spiro atoms. The Labute approximate surface area is 104 Å². The van der Waals surface area contributed by atoms with E-state index >= 15 is 0 Å². The summed E-state index contributed by atoms with van der Waals surface area (Å²) in [6.45, 7) is 0. The van der Waals surface area contributed by atoms with Crippen molar-refractivity contribution in [1.29, 1.82) is 5.26 Å². The molecule has 0 aliphatic heterocycles. The summed E-state index contributed by atoms with van der Waals surface area (Å²) in [6.07, 6.45) is -7.99. The van der Waals surface area contributed by atoms with Crippen LogP contribution >= 0.6 is 0 Å². The molecule has 0 amide bonds. The van der Waals surface area contributed by atoms with Gasteiger partial charge >= 0.3 is 6.36 Å². The van der Waals surface area contributed by atoms with Crippen LogP contribution in [-0.4, -0.2) is 18.5 Å². The molecule has 0 fully saturated rings. The highest BCUT2D eigenvalue weighted by Crippen LogP contribution is 2.40. The highest BCUT2D eigenvalue weighted by Gasteiger charge is 2.35. The summed E-state index contributed by atoms with van der Waals surface area (Å²) in [5, 5.41) is 8.48. The summed E-state index contributed by atoms with van der Waals surface area (Å²) >= 11 is 0. The van der Waals surface area contributed by atoms with E-state index in [1.807, 2.05) is 0 Å². The molecule has 19 heavy (non-hydrogen) atoms. The lowest BCUT2D eigenvalue weighted by atomic mass is 10.1. The minimum Gasteiger partial charge on any atom is -0.491 e. The maximum atomic E-state index is 12.6. The smallest absolute Gasteiger partial charge is 0.491 e. The SMILES string of the molecule is COc1c(C(F)F)ncc(CC#N)c1OC(F)(F)F. The zero-order valence-corrected chi connectivity index (χ0v) is 9.46. The second kappa shape index (κ2) is 5.69. The number of ether oxygens (including phenoxy) is 2. The van der Waals surface area contributed by atoms with Crippen molar-refractivity contribution < 1.29 is 31.4 Å². The first-order valence-corrected chi connectivity index (χ1v) is 4.76. The first-order chi connectivity index (χ1) is 8.80. The number of halogens is 5. The standard InChI is InChI=1S/C10H7F5N2O2/c1-18-8-6(9(11)12)17-4-5(2-3-16)7(8)19-10(13,14)15/h4,9H,2H2,1H3. The first kappa shape index (κ1) is 14.9. The van der Waals surface area contributed by atoms with E-state index in [4.69, 9.17) is 5.26 Å². The van der Waals surface area contributed by atoms with Crippen LogP contribution in [0.4, 0.5) is 22.0 Å². The monoisotopic (exact) mass is 282 g/mol. The predicted octanol–water partition coefficient (Wildman–Crippen LogP) is 2.99. The third-order valence-corrected chi connectivity index (χ3v) is 1.99. The summed E-state index contributed by atoms with van der Waals surface area (Å²) in [6, 6.07) is 1.58. The number of hydrogen-bond acceptors (Lipinski definition) is 4. The Morgan fingerprint density at radius 2 is 2.00 bits per heavy atom. The summed E-state index contributed by atoms with van der Waals surface area (Å²) in [5.41, 5.74) is -1.27. The lowest BCUT2D eigenvalue weighted by Crippen LogP contribution is -2.19. The van der Waals surface area contributed by atoms with Crippen molar-refractivity contribution in [2.45, 2.75) is 19.2 Å². The second-order valence-corrected chi connectivity index (χ2v) is 3.21. The average Bonchev–Trinajstić information content (AvgIpc) is 2.29. The highest BCUT2D eigenvalue weighted by molar-refractivity contribution is 5.49. The zero-order valence-electron chi connectivity index (χ0n) is 9.46. The van der Waals surface area contributed by atoms with Crippen molar-refractivity contribution in [3.05, 3.63) is 17.5 Å². The number of pyridine rings is 1. The van der Waals surface area contributed by atoms with Crippen LogP contribution in [0.2, 0.25) is 0 Å². The summed E-state index contributed by atoms with van der Waals surface area (Å²) < 4.78 is 70.1. The molecule has 0 saturated heterocycles. The van der Waals surface area contributed by atoms with Crippen molar-refractivity contribution in [2.75, 3.05) is 7.11 Å². The van der Waals surface area contributed by atoms with Crippen LogP contribution in [0.3, 0.4) is 0 Å². The molecular formula is C10H7F5N2O2. The number of nitriles is 1. The molecule has 0 radical (unpaired) electrons. The molecule has 104 valence electrons. The lowest BCUT2D eigenvalue weighted by Gasteiger charge is -2.17. The van der Waals surface area contributed by atoms with Crippen LogP contribution in [0.25, 0.3) is 0 Å². The third-order valence-electron chi connectivity index (χ3n) is 1.99. The maximum Gasteiger partial charge on any atom is 0.573 e. The molecule has 0 N–H and O–H groups in total.